The van der Waals surface area contributed by atoms with E-state index in [2.05, 4.69) is 57.4 Å². The van der Waals surface area contributed by atoms with Crippen LogP contribution in [0.4, 0.5) is 5.13 Å². The molecule has 1 aromatic heterocycles. The van der Waals surface area contributed by atoms with Gasteiger partial charge in [-0.25, -0.2) is 0 Å². The minimum atomic E-state index is -0.0633. The summed E-state index contributed by atoms with van der Waals surface area (Å²) >= 11 is 4.94. The number of carbonyl (C=O) groups excluding carboxylic acids is 1. The normalized spacial score (nSPS) is 10.9. The molecule has 1 aromatic carbocycles. The Hall–Kier alpha value is -1.47. The van der Waals surface area contributed by atoms with E-state index in [4.69, 9.17) is 4.74 Å². The zero-order valence-electron chi connectivity index (χ0n) is 14.1. The summed E-state index contributed by atoms with van der Waals surface area (Å²) in [5.74, 6) is 1.22. The Morgan fingerprint density at radius 1 is 1.38 bits per heavy atom. The van der Waals surface area contributed by atoms with Gasteiger partial charge in [-0.15, -0.1) is 10.2 Å². The van der Waals surface area contributed by atoms with Crippen molar-refractivity contribution in [3.8, 4) is 5.75 Å². The second kappa shape index (κ2) is 9.13. The Kier molecular flexibility index (Phi) is 7.17. The van der Waals surface area contributed by atoms with Crippen LogP contribution in [-0.2, 0) is 11.2 Å². The van der Waals surface area contributed by atoms with Gasteiger partial charge in [0, 0.05) is 6.42 Å². The van der Waals surface area contributed by atoms with Crippen molar-refractivity contribution in [1.82, 2.24) is 10.2 Å². The lowest BCUT2D eigenvalue weighted by Crippen LogP contribution is -2.12. The maximum atomic E-state index is 11.9. The number of nitrogens with one attached hydrogen (secondary N) is 1. The van der Waals surface area contributed by atoms with E-state index < -0.39 is 0 Å². The summed E-state index contributed by atoms with van der Waals surface area (Å²) in [4.78, 5) is 11.9. The summed E-state index contributed by atoms with van der Waals surface area (Å²) in [7, 11) is 0. The largest absolute Gasteiger partial charge is 0.492 e. The fraction of sp³-hybridized carbons (Fsp3) is 0.471. The molecule has 2 aromatic rings. The third-order valence-electron chi connectivity index (χ3n) is 3.44. The number of ether oxygens (including phenoxy) is 1. The summed E-state index contributed by atoms with van der Waals surface area (Å²) in [6, 6.07) is 6.11. The first-order chi connectivity index (χ1) is 11.5. The maximum absolute atomic E-state index is 11.9. The zero-order chi connectivity index (χ0) is 17.5. The molecule has 0 bridgehead atoms. The Labute approximate surface area is 155 Å². The molecule has 0 aliphatic heterocycles. The topological polar surface area (TPSA) is 64.1 Å². The Morgan fingerprint density at radius 2 is 2.17 bits per heavy atom. The number of halogens is 1. The number of rotatable bonds is 8. The molecule has 5 nitrogen and oxygen atoms in total. The van der Waals surface area contributed by atoms with Crippen molar-refractivity contribution in [2.24, 2.45) is 0 Å². The molecule has 0 aliphatic carbocycles. The first-order valence-corrected chi connectivity index (χ1v) is 9.65. The smallest absolute Gasteiger partial charge is 0.226 e. The van der Waals surface area contributed by atoms with Crippen LogP contribution in [0.1, 0.15) is 50.1 Å². The SMILES string of the molecule is CCc1nnc(NC(=O)CCCOc2ccc(C(C)C)cc2Br)s1. The molecular formula is C17H22BrN3O2S. The van der Waals surface area contributed by atoms with Gasteiger partial charge in [0.15, 0.2) is 0 Å². The maximum Gasteiger partial charge on any atom is 0.226 e. The van der Waals surface area contributed by atoms with Crippen LogP contribution >= 0.6 is 27.3 Å². The molecule has 0 atom stereocenters. The van der Waals surface area contributed by atoms with Crippen molar-refractivity contribution in [1.29, 1.82) is 0 Å². The van der Waals surface area contributed by atoms with E-state index in [1.807, 2.05) is 13.0 Å². The van der Waals surface area contributed by atoms with E-state index in [9.17, 15) is 4.79 Å². The average Bonchev–Trinajstić information content (AvgIpc) is 3.00. The summed E-state index contributed by atoms with van der Waals surface area (Å²) in [5.41, 5.74) is 1.26. The lowest BCUT2D eigenvalue weighted by Gasteiger charge is -2.11. The highest BCUT2D eigenvalue weighted by atomic mass is 79.9. The van der Waals surface area contributed by atoms with Crippen LogP contribution in [-0.4, -0.2) is 22.7 Å². The molecule has 0 aliphatic rings. The Balaban J connectivity index is 1.73. The van der Waals surface area contributed by atoms with Gasteiger partial charge in [0.25, 0.3) is 0 Å². The van der Waals surface area contributed by atoms with Gasteiger partial charge in [-0.1, -0.05) is 38.2 Å². The number of aromatic nitrogens is 2. The summed E-state index contributed by atoms with van der Waals surface area (Å²) < 4.78 is 6.69. The van der Waals surface area contributed by atoms with Crippen molar-refractivity contribution in [2.45, 2.75) is 46.0 Å². The second-order valence-corrected chi connectivity index (χ2v) is 7.62. The van der Waals surface area contributed by atoms with E-state index in [1.165, 1.54) is 16.9 Å². The molecule has 24 heavy (non-hydrogen) atoms. The number of anilines is 1. The van der Waals surface area contributed by atoms with Gasteiger partial charge in [-0.05, 0) is 52.4 Å². The Morgan fingerprint density at radius 3 is 2.79 bits per heavy atom. The number of nitrogens with zero attached hydrogens (tertiary/aromatic N) is 2. The van der Waals surface area contributed by atoms with Crippen LogP contribution in [0, 0.1) is 0 Å². The highest BCUT2D eigenvalue weighted by Gasteiger charge is 2.08. The number of amides is 1. The van der Waals surface area contributed by atoms with Crippen LogP contribution in [0.2, 0.25) is 0 Å². The average molecular weight is 412 g/mol. The molecule has 0 saturated carbocycles. The molecule has 0 saturated heterocycles. The number of hydrogen-bond acceptors (Lipinski definition) is 5. The molecule has 1 amide bonds. The highest BCUT2D eigenvalue weighted by Crippen LogP contribution is 2.29. The number of benzene rings is 1. The van der Waals surface area contributed by atoms with Crippen molar-refractivity contribution in [2.75, 3.05) is 11.9 Å². The van der Waals surface area contributed by atoms with E-state index in [0.717, 1.165) is 21.7 Å². The molecule has 0 radical (unpaired) electrons. The van der Waals surface area contributed by atoms with Crippen LogP contribution in [0.15, 0.2) is 22.7 Å². The fourth-order valence-corrected chi connectivity index (χ4v) is 3.24. The minimum absolute atomic E-state index is 0.0633. The van der Waals surface area contributed by atoms with Crippen molar-refractivity contribution >= 4 is 38.3 Å². The van der Waals surface area contributed by atoms with Crippen LogP contribution in [0.3, 0.4) is 0 Å². The standard InChI is InChI=1S/C17H22BrN3O2S/c1-4-16-20-21-17(24-16)19-15(22)6-5-9-23-14-8-7-12(11(2)3)10-13(14)18/h7-8,10-11H,4-6,9H2,1-3H3,(H,19,21,22). The molecular weight excluding hydrogens is 390 g/mol. The molecule has 1 heterocycles. The van der Waals surface area contributed by atoms with Crippen molar-refractivity contribution in [3.63, 3.8) is 0 Å². The molecule has 0 spiro atoms. The van der Waals surface area contributed by atoms with Crippen molar-refractivity contribution in [3.05, 3.63) is 33.2 Å². The molecule has 1 N–H and O–H groups in total. The number of aryl methyl sites for hydroxylation is 1. The molecule has 130 valence electrons. The number of carbonyl (C=O) groups is 1. The van der Waals surface area contributed by atoms with Gasteiger partial charge in [-0.3, -0.25) is 4.79 Å². The van der Waals surface area contributed by atoms with Crippen LogP contribution in [0.5, 0.6) is 5.75 Å². The first kappa shape index (κ1) is 18.9. The van der Waals surface area contributed by atoms with Crippen LogP contribution in [0.25, 0.3) is 0 Å². The van der Waals surface area contributed by atoms with Crippen molar-refractivity contribution < 1.29 is 9.53 Å². The van der Waals surface area contributed by atoms with Crippen LogP contribution < -0.4 is 10.1 Å². The highest BCUT2D eigenvalue weighted by molar-refractivity contribution is 9.10. The minimum Gasteiger partial charge on any atom is -0.492 e. The molecule has 0 fully saturated rings. The summed E-state index contributed by atoms with van der Waals surface area (Å²) in [5, 5.41) is 12.2. The first-order valence-electron chi connectivity index (χ1n) is 8.04. The van der Waals surface area contributed by atoms with E-state index in [1.54, 1.807) is 0 Å². The third kappa shape index (κ3) is 5.56. The second-order valence-electron chi connectivity index (χ2n) is 5.70. The molecule has 7 heteroatoms. The third-order valence-corrected chi connectivity index (χ3v) is 5.05. The van der Waals surface area contributed by atoms with Gasteiger partial charge in [0.1, 0.15) is 10.8 Å². The fourth-order valence-electron chi connectivity index (χ4n) is 2.04. The van der Waals surface area contributed by atoms with Gasteiger partial charge >= 0.3 is 0 Å². The predicted octanol–water partition coefficient (Wildman–Crippen LogP) is 4.78. The van der Waals surface area contributed by atoms with E-state index in [-0.39, 0.29) is 5.91 Å². The molecule has 2 rings (SSSR count). The quantitative estimate of drug-likeness (QED) is 0.634. The van der Waals surface area contributed by atoms with E-state index in [0.29, 0.717) is 30.5 Å². The summed E-state index contributed by atoms with van der Waals surface area (Å²) in [6.07, 6.45) is 1.86. The van der Waals surface area contributed by atoms with E-state index >= 15 is 0 Å². The Bertz CT molecular complexity index is 688. The van der Waals surface area contributed by atoms with Gasteiger partial charge < -0.3 is 10.1 Å². The lowest BCUT2D eigenvalue weighted by molar-refractivity contribution is -0.116. The summed E-state index contributed by atoms with van der Waals surface area (Å²) in [6.45, 7) is 6.81. The number of hydrogen-bond donors (Lipinski definition) is 1. The monoisotopic (exact) mass is 411 g/mol. The zero-order valence-corrected chi connectivity index (χ0v) is 16.5. The lowest BCUT2D eigenvalue weighted by atomic mass is 10.0. The predicted molar refractivity (Wildman–Crippen MR) is 101 cm³/mol. The molecule has 0 unspecified atom stereocenters. The van der Waals surface area contributed by atoms with Gasteiger partial charge in [0.2, 0.25) is 11.0 Å². The van der Waals surface area contributed by atoms with Gasteiger partial charge in [0.05, 0.1) is 11.1 Å². The van der Waals surface area contributed by atoms with Gasteiger partial charge in [-0.2, -0.15) is 0 Å².